The summed E-state index contributed by atoms with van der Waals surface area (Å²) in [5, 5.41) is 2.88. The minimum atomic E-state index is -0.519. The number of aryl methyl sites for hydroxylation is 1. The van der Waals surface area contributed by atoms with E-state index in [-0.39, 0.29) is 5.91 Å². The fourth-order valence-corrected chi connectivity index (χ4v) is 3.53. The lowest BCUT2D eigenvalue weighted by atomic mass is 10.1. The van der Waals surface area contributed by atoms with Crippen LogP contribution >= 0.6 is 11.8 Å². The zero-order chi connectivity index (χ0) is 19.2. The Balaban J connectivity index is 1.85. The van der Waals surface area contributed by atoms with Crippen molar-refractivity contribution in [3.05, 3.63) is 71.9 Å². The highest BCUT2D eigenvalue weighted by molar-refractivity contribution is 8.00. The maximum absolute atomic E-state index is 13.0. The van der Waals surface area contributed by atoms with Crippen LogP contribution in [0.15, 0.2) is 65.8 Å². The number of thioether (sulfide) groups is 1. The number of ether oxygens (including phenoxy) is 1. The summed E-state index contributed by atoms with van der Waals surface area (Å²) in [6.45, 7) is 1.84. The van der Waals surface area contributed by atoms with Crippen molar-refractivity contribution in [2.75, 3.05) is 18.2 Å². The Bertz CT molecular complexity index is 897. The second-order valence-corrected chi connectivity index (χ2v) is 6.92. The Morgan fingerprint density at radius 2 is 1.81 bits per heavy atom. The Labute approximate surface area is 162 Å². The third-order valence-electron chi connectivity index (χ3n) is 3.77. The average Bonchev–Trinajstić information content (AvgIpc) is 2.66. The number of methoxy groups -OCH3 is 1. The van der Waals surface area contributed by atoms with Crippen molar-refractivity contribution in [1.29, 1.82) is 0 Å². The van der Waals surface area contributed by atoms with Gasteiger partial charge in [-0.05, 0) is 36.8 Å². The lowest BCUT2D eigenvalue weighted by Crippen LogP contribution is -2.19. The number of nitrogen functional groups attached to an aromatic ring is 1. The van der Waals surface area contributed by atoms with Gasteiger partial charge in [0.15, 0.2) is 5.16 Å². The van der Waals surface area contributed by atoms with Gasteiger partial charge in [0.1, 0.15) is 16.8 Å². The Hall–Kier alpha value is -3.06. The molecule has 7 heteroatoms. The first-order chi connectivity index (χ1) is 13.0. The van der Waals surface area contributed by atoms with Crippen molar-refractivity contribution in [2.45, 2.75) is 17.3 Å². The number of carbonyl (C=O) groups excluding carboxylic acids is 1. The van der Waals surface area contributed by atoms with Crippen LogP contribution in [0.4, 0.5) is 11.5 Å². The van der Waals surface area contributed by atoms with Gasteiger partial charge in [0.2, 0.25) is 5.91 Å². The fraction of sp³-hybridized carbons (Fsp3) is 0.150. The van der Waals surface area contributed by atoms with E-state index in [1.54, 1.807) is 37.4 Å². The third-order valence-corrected chi connectivity index (χ3v) is 4.89. The highest BCUT2D eigenvalue weighted by Gasteiger charge is 2.23. The molecule has 0 saturated heterocycles. The molecule has 0 bridgehead atoms. The number of hydrogen-bond donors (Lipinski definition) is 2. The Morgan fingerprint density at radius 3 is 2.44 bits per heavy atom. The molecule has 1 amide bonds. The van der Waals surface area contributed by atoms with Crippen LogP contribution in [-0.4, -0.2) is 23.0 Å². The smallest absolute Gasteiger partial charge is 0.242 e. The van der Waals surface area contributed by atoms with Gasteiger partial charge < -0.3 is 15.8 Å². The lowest BCUT2D eigenvalue weighted by molar-refractivity contribution is -0.115. The quantitative estimate of drug-likeness (QED) is 0.499. The maximum atomic E-state index is 13.0. The highest BCUT2D eigenvalue weighted by Crippen LogP contribution is 2.35. The van der Waals surface area contributed by atoms with Gasteiger partial charge in [-0.1, -0.05) is 42.1 Å². The molecule has 0 fully saturated rings. The number of anilines is 2. The first-order valence-corrected chi connectivity index (χ1v) is 9.21. The second kappa shape index (κ2) is 8.55. The molecule has 3 rings (SSSR count). The molecule has 1 heterocycles. The van der Waals surface area contributed by atoms with E-state index in [1.807, 2.05) is 37.3 Å². The van der Waals surface area contributed by atoms with Gasteiger partial charge in [-0.3, -0.25) is 4.79 Å². The van der Waals surface area contributed by atoms with Gasteiger partial charge in [0.05, 0.1) is 7.11 Å². The third kappa shape index (κ3) is 4.98. The van der Waals surface area contributed by atoms with E-state index < -0.39 is 5.25 Å². The molecule has 27 heavy (non-hydrogen) atoms. The van der Waals surface area contributed by atoms with E-state index in [0.717, 1.165) is 17.0 Å². The van der Waals surface area contributed by atoms with Crippen molar-refractivity contribution in [3.63, 3.8) is 0 Å². The fourth-order valence-electron chi connectivity index (χ4n) is 2.51. The van der Waals surface area contributed by atoms with Gasteiger partial charge in [-0.15, -0.1) is 0 Å². The SMILES string of the molecule is COc1ccc(NC(=O)C(Sc2nc(C)cc(N)n2)c2ccccc2)cc1. The van der Waals surface area contributed by atoms with Gasteiger partial charge >= 0.3 is 0 Å². The molecule has 1 unspecified atom stereocenters. The van der Waals surface area contributed by atoms with E-state index in [4.69, 9.17) is 10.5 Å². The Morgan fingerprint density at radius 1 is 1.11 bits per heavy atom. The van der Waals surface area contributed by atoms with Crippen molar-refractivity contribution < 1.29 is 9.53 Å². The molecule has 0 aliphatic carbocycles. The van der Waals surface area contributed by atoms with Crippen molar-refractivity contribution in [3.8, 4) is 5.75 Å². The summed E-state index contributed by atoms with van der Waals surface area (Å²) in [5.74, 6) is 0.943. The molecule has 0 saturated carbocycles. The summed E-state index contributed by atoms with van der Waals surface area (Å²) in [4.78, 5) is 21.6. The maximum Gasteiger partial charge on any atom is 0.242 e. The van der Waals surface area contributed by atoms with Gasteiger partial charge in [-0.25, -0.2) is 9.97 Å². The van der Waals surface area contributed by atoms with Crippen LogP contribution in [0.25, 0.3) is 0 Å². The van der Waals surface area contributed by atoms with Crippen LogP contribution in [0.2, 0.25) is 0 Å². The summed E-state index contributed by atoms with van der Waals surface area (Å²) in [5.41, 5.74) is 8.13. The molecule has 1 aromatic heterocycles. The van der Waals surface area contributed by atoms with Crippen molar-refractivity contribution in [2.24, 2.45) is 0 Å². The molecule has 6 nitrogen and oxygen atoms in total. The number of aromatic nitrogens is 2. The molecular weight excluding hydrogens is 360 g/mol. The van der Waals surface area contributed by atoms with Crippen molar-refractivity contribution in [1.82, 2.24) is 9.97 Å². The largest absolute Gasteiger partial charge is 0.497 e. The predicted molar refractivity (Wildman–Crippen MR) is 108 cm³/mol. The number of nitrogens with zero attached hydrogens (tertiary/aromatic N) is 2. The first kappa shape index (κ1) is 18.7. The summed E-state index contributed by atoms with van der Waals surface area (Å²) in [7, 11) is 1.60. The average molecular weight is 380 g/mol. The summed E-state index contributed by atoms with van der Waals surface area (Å²) >= 11 is 1.27. The molecule has 3 N–H and O–H groups in total. The predicted octanol–water partition coefficient (Wildman–Crippen LogP) is 3.85. The minimum absolute atomic E-state index is 0.167. The van der Waals surface area contributed by atoms with Crippen LogP contribution < -0.4 is 15.8 Å². The Kier molecular flexibility index (Phi) is 5.93. The molecule has 0 aliphatic heterocycles. The monoisotopic (exact) mass is 380 g/mol. The summed E-state index contributed by atoms with van der Waals surface area (Å²) < 4.78 is 5.15. The van der Waals surface area contributed by atoms with Crippen molar-refractivity contribution >= 4 is 29.2 Å². The molecular formula is C20H20N4O2S. The molecule has 0 aliphatic rings. The first-order valence-electron chi connectivity index (χ1n) is 8.33. The highest BCUT2D eigenvalue weighted by atomic mass is 32.2. The zero-order valence-electron chi connectivity index (χ0n) is 15.0. The number of rotatable bonds is 6. The molecule has 138 valence electrons. The van der Waals surface area contributed by atoms with E-state index in [1.165, 1.54) is 11.8 Å². The van der Waals surface area contributed by atoms with E-state index >= 15 is 0 Å². The van der Waals surface area contributed by atoms with Crippen LogP contribution in [0.1, 0.15) is 16.5 Å². The number of nitrogens with one attached hydrogen (secondary N) is 1. The van der Waals surface area contributed by atoms with Crippen LogP contribution in [0.3, 0.4) is 0 Å². The summed E-state index contributed by atoms with van der Waals surface area (Å²) in [6.07, 6.45) is 0. The van der Waals surface area contributed by atoms with Crippen LogP contribution in [0, 0.1) is 6.92 Å². The van der Waals surface area contributed by atoms with E-state index in [9.17, 15) is 4.79 Å². The standard InChI is InChI=1S/C20H20N4O2S/c1-13-12-17(21)24-20(22-13)27-18(14-6-4-3-5-7-14)19(25)23-15-8-10-16(26-2)11-9-15/h3-12,18H,1-2H3,(H,23,25)(H2,21,22,24). The normalized spacial score (nSPS) is 11.6. The van der Waals surface area contributed by atoms with E-state index in [0.29, 0.717) is 16.7 Å². The zero-order valence-corrected chi connectivity index (χ0v) is 15.9. The molecule has 3 aromatic rings. The number of nitrogens with two attached hydrogens (primary N) is 1. The number of hydrogen-bond acceptors (Lipinski definition) is 6. The molecule has 0 spiro atoms. The molecule has 1 atom stereocenters. The van der Waals surface area contributed by atoms with Gasteiger partial charge in [0.25, 0.3) is 0 Å². The number of benzene rings is 2. The summed E-state index contributed by atoms with van der Waals surface area (Å²) in [6, 6.07) is 18.4. The lowest BCUT2D eigenvalue weighted by Gasteiger charge is -2.16. The minimum Gasteiger partial charge on any atom is -0.497 e. The number of amides is 1. The van der Waals surface area contributed by atoms with Crippen LogP contribution in [-0.2, 0) is 4.79 Å². The van der Waals surface area contributed by atoms with Gasteiger partial charge in [0, 0.05) is 17.4 Å². The topological polar surface area (TPSA) is 90.1 Å². The van der Waals surface area contributed by atoms with Gasteiger partial charge in [-0.2, -0.15) is 0 Å². The van der Waals surface area contributed by atoms with Crippen LogP contribution in [0.5, 0.6) is 5.75 Å². The second-order valence-electron chi connectivity index (χ2n) is 5.84. The molecule has 0 radical (unpaired) electrons. The molecule has 2 aromatic carbocycles. The van der Waals surface area contributed by atoms with E-state index in [2.05, 4.69) is 15.3 Å². The number of carbonyl (C=O) groups is 1.